The maximum absolute atomic E-state index is 12.5. The molecule has 1 fully saturated rings. The van der Waals surface area contributed by atoms with Crippen molar-refractivity contribution in [2.75, 3.05) is 0 Å². The van der Waals surface area contributed by atoms with Crippen molar-refractivity contribution in [1.82, 2.24) is 20.4 Å². The Morgan fingerprint density at radius 2 is 2.00 bits per heavy atom. The van der Waals surface area contributed by atoms with Crippen molar-refractivity contribution >= 4 is 11.8 Å². The molecule has 1 atom stereocenters. The lowest BCUT2D eigenvalue weighted by molar-refractivity contribution is -0.123. The number of hydrogen-bond acceptors (Lipinski definition) is 3. The van der Waals surface area contributed by atoms with Crippen LogP contribution in [0.1, 0.15) is 34.6 Å². The van der Waals surface area contributed by atoms with Gasteiger partial charge in [0.25, 0.3) is 5.91 Å². The number of aryl methyl sites for hydroxylation is 2. The summed E-state index contributed by atoms with van der Waals surface area (Å²) in [5.74, 6) is -0.418. The normalized spacial score (nSPS) is 14.9. The Bertz CT molecular complexity index is 735. The van der Waals surface area contributed by atoms with E-state index in [1.54, 1.807) is 13.1 Å². The molecule has 6 nitrogen and oxygen atoms in total. The average Bonchev–Trinajstić information content (AvgIpc) is 3.30. The second-order valence-electron chi connectivity index (χ2n) is 6.29. The minimum Gasteiger partial charge on any atom is -0.352 e. The number of nitrogens with zero attached hydrogens (tertiary/aromatic N) is 2. The van der Waals surface area contributed by atoms with E-state index in [0.29, 0.717) is 12.1 Å². The fourth-order valence-electron chi connectivity index (χ4n) is 2.64. The summed E-state index contributed by atoms with van der Waals surface area (Å²) >= 11 is 0. The molecule has 0 unspecified atom stereocenters. The number of aromatic nitrogens is 2. The van der Waals surface area contributed by atoms with Crippen LogP contribution in [-0.2, 0) is 18.3 Å². The van der Waals surface area contributed by atoms with Gasteiger partial charge in [-0.05, 0) is 31.4 Å². The molecule has 1 heterocycles. The number of rotatable bonds is 6. The molecule has 2 amide bonds. The minimum atomic E-state index is -0.601. The van der Waals surface area contributed by atoms with E-state index in [-0.39, 0.29) is 17.9 Å². The lowest BCUT2D eigenvalue weighted by atomic mass is 10.0. The molecule has 1 saturated carbocycles. The van der Waals surface area contributed by atoms with Gasteiger partial charge in [-0.3, -0.25) is 14.3 Å². The van der Waals surface area contributed by atoms with Crippen LogP contribution < -0.4 is 10.6 Å². The van der Waals surface area contributed by atoms with Gasteiger partial charge in [0.2, 0.25) is 5.91 Å². The highest BCUT2D eigenvalue weighted by Crippen LogP contribution is 2.19. The van der Waals surface area contributed by atoms with E-state index in [0.717, 1.165) is 24.1 Å². The number of carbonyl (C=O) groups excluding carboxylic acids is 2. The Morgan fingerprint density at radius 1 is 1.29 bits per heavy atom. The fraction of sp³-hybridized carbons (Fsp3) is 0.389. The van der Waals surface area contributed by atoms with Crippen molar-refractivity contribution in [1.29, 1.82) is 0 Å². The topological polar surface area (TPSA) is 76.0 Å². The summed E-state index contributed by atoms with van der Waals surface area (Å²) in [6.45, 7) is 1.83. The van der Waals surface area contributed by atoms with E-state index in [1.807, 2.05) is 37.3 Å². The molecular formula is C18H22N4O2. The van der Waals surface area contributed by atoms with Crippen LogP contribution in [0.25, 0.3) is 0 Å². The highest BCUT2D eigenvalue weighted by atomic mass is 16.2. The SMILES string of the molecule is Cc1cc(C(=O)N[C@H](Cc2ccccc2)C(=O)NC2CC2)n(C)n1. The third kappa shape index (κ3) is 4.01. The highest BCUT2D eigenvalue weighted by molar-refractivity contribution is 5.96. The van der Waals surface area contributed by atoms with E-state index >= 15 is 0 Å². The summed E-state index contributed by atoms with van der Waals surface area (Å²) in [6, 6.07) is 11.1. The van der Waals surface area contributed by atoms with Crippen molar-refractivity contribution in [3.63, 3.8) is 0 Å². The molecule has 24 heavy (non-hydrogen) atoms. The van der Waals surface area contributed by atoms with Crippen LogP contribution in [0.5, 0.6) is 0 Å². The number of benzene rings is 1. The first-order valence-electron chi connectivity index (χ1n) is 8.19. The van der Waals surface area contributed by atoms with Gasteiger partial charge in [0.05, 0.1) is 5.69 Å². The molecule has 1 aliphatic rings. The highest BCUT2D eigenvalue weighted by Gasteiger charge is 2.29. The molecular weight excluding hydrogens is 304 g/mol. The molecule has 0 spiro atoms. The van der Waals surface area contributed by atoms with Crippen molar-refractivity contribution in [2.24, 2.45) is 7.05 Å². The van der Waals surface area contributed by atoms with Gasteiger partial charge < -0.3 is 10.6 Å². The van der Waals surface area contributed by atoms with Crippen LogP contribution in [0.2, 0.25) is 0 Å². The predicted molar refractivity (Wildman–Crippen MR) is 90.5 cm³/mol. The van der Waals surface area contributed by atoms with Gasteiger partial charge in [-0.1, -0.05) is 30.3 Å². The Labute approximate surface area is 141 Å². The van der Waals surface area contributed by atoms with Crippen LogP contribution in [0, 0.1) is 6.92 Å². The van der Waals surface area contributed by atoms with Crippen LogP contribution in [0.15, 0.2) is 36.4 Å². The Kier molecular flexibility index (Phi) is 4.64. The molecule has 0 radical (unpaired) electrons. The molecule has 3 rings (SSSR count). The summed E-state index contributed by atoms with van der Waals surface area (Å²) in [7, 11) is 1.72. The number of carbonyl (C=O) groups is 2. The molecule has 126 valence electrons. The van der Waals surface area contributed by atoms with E-state index in [2.05, 4.69) is 15.7 Å². The summed E-state index contributed by atoms with van der Waals surface area (Å²) < 4.78 is 1.53. The molecule has 1 aromatic carbocycles. The Hall–Kier alpha value is -2.63. The van der Waals surface area contributed by atoms with Gasteiger partial charge in [0.1, 0.15) is 11.7 Å². The quantitative estimate of drug-likeness (QED) is 0.841. The maximum Gasteiger partial charge on any atom is 0.270 e. The van der Waals surface area contributed by atoms with Crippen LogP contribution in [0.3, 0.4) is 0 Å². The molecule has 1 aromatic heterocycles. The largest absolute Gasteiger partial charge is 0.352 e. The second kappa shape index (κ2) is 6.86. The Balaban J connectivity index is 1.74. The lowest BCUT2D eigenvalue weighted by Gasteiger charge is -2.18. The standard InChI is InChI=1S/C18H22N4O2/c1-12-10-16(22(2)21-12)18(24)20-15(17(23)19-14-8-9-14)11-13-6-4-3-5-7-13/h3-7,10,14-15H,8-9,11H2,1-2H3,(H,19,23)(H,20,24)/t15-/m1/s1. The first-order valence-corrected chi connectivity index (χ1v) is 8.19. The number of hydrogen-bond donors (Lipinski definition) is 2. The number of nitrogens with one attached hydrogen (secondary N) is 2. The second-order valence-corrected chi connectivity index (χ2v) is 6.29. The van der Waals surface area contributed by atoms with Gasteiger partial charge in [-0.25, -0.2) is 0 Å². The van der Waals surface area contributed by atoms with Crippen molar-refractivity contribution in [3.8, 4) is 0 Å². The summed E-state index contributed by atoms with van der Waals surface area (Å²) in [5.41, 5.74) is 2.23. The van der Waals surface area contributed by atoms with Gasteiger partial charge in [-0.2, -0.15) is 5.10 Å². The maximum atomic E-state index is 12.5. The van der Waals surface area contributed by atoms with Crippen molar-refractivity contribution in [3.05, 3.63) is 53.3 Å². The average molecular weight is 326 g/mol. The fourth-order valence-corrected chi connectivity index (χ4v) is 2.64. The molecule has 2 aromatic rings. The lowest BCUT2D eigenvalue weighted by Crippen LogP contribution is -2.49. The molecule has 1 aliphatic carbocycles. The van der Waals surface area contributed by atoms with Gasteiger partial charge in [0, 0.05) is 19.5 Å². The van der Waals surface area contributed by atoms with E-state index < -0.39 is 6.04 Å². The van der Waals surface area contributed by atoms with Crippen LogP contribution in [0.4, 0.5) is 0 Å². The monoisotopic (exact) mass is 326 g/mol. The third-order valence-corrected chi connectivity index (χ3v) is 4.06. The van der Waals surface area contributed by atoms with Gasteiger partial charge >= 0.3 is 0 Å². The van der Waals surface area contributed by atoms with Gasteiger partial charge in [-0.15, -0.1) is 0 Å². The molecule has 6 heteroatoms. The van der Waals surface area contributed by atoms with Crippen LogP contribution in [-0.4, -0.2) is 33.7 Å². The Morgan fingerprint density at radius 3 is 2.58 bits per heavy atom. The van der Waals surface area contributed by atoms with E-state index in [9.17, 15) is 9.59 Å². The summed E-state index contributed by atoms with van der Waals surface area (Å²) in [6.07, 6.45) is 2.49. The molecule has 0 saturated heterocycles. The third-order valence-electron chi connectivity index (χ3n) is 4.06. The molecule has 0 aliphatic heterocycles. The zero-order valence-electron chi connectivity index (χ0n) is 14.0. The summed E-state index contributed by atoms with van der Waals surface area (Å²) in [4.78, 5) is 25.0. The van der Waals surface area contributed by atoms with Gasteiger partial charge in [0.15, 0.2) is 0 Å². The zero-order valence-corrected chi connectivity index (χ0v) is 14.0. The smallest absolute Gasteiger partial charge is 0.270 e. The van der Waals surface area contributed by atoms with E-state index in [1.165, 1.54) is 4.68 Å². The van der Waals surface area contributed by atoms with Crippen LogP contribution >= 0.6 is 0 Å². The van der Waals surface area contributed by atoms with Crippen molar-refractivity contribution in [2.45, 2.75) is 38.3 Å². The molecule has 2 N–H and O–H groups in total. The number of amides is 2. The predicted octanol–water partition coefficient (Wildman–Crippen LogP) is 1.35. The zero-order chi connectivity index (χ0) is 17.1. The van der Waals surface area contributed by atoms with Crippen molar-refractivity contribution < 1.29 is 9.59 Å². The minimum absolute atomic E-state index is 0.131. The molecule has 0 bridgehead atoms. The van der Waals surface area contributed by atoms with E-state index in [4.69, 9.17) is 0 Å². The summed E-state index contributed by atoms with van der Waals surface area (Å²) in [5, 5.41) is 10.0. The first kappa shape index (κ1) is 16.2. The first-order chi connectivity index (χ1) is 11.5.